The summed E-state index contributed by atoms with van der Waals surface area (Å²) in [7, 11) is 0. The Bertz CT molecular complexity index is 1540. The van der Waals surface area contributed by atoms with Crippen molar-refractivity contribution in [1.29, 1.82) is 5.26 Å². The molecule has 3 aliphatic heterocycles. The molecule has 0 radical (unpaired) electrons. The van der Waals surface area contributed by atoms with Gasteiger partial charge in [-0.15, -0.1) is 11.3 Å². The number of amides is 2. The van der Waals surface area contributed by atoms with Crippen LogP contribution in [-0.2, 0) is 21.4 Å². The van der Waals surface area contributed by atoms with Crippen LogP contribution in [-0.4, -0.2) is 90.8 Å². The number of aliphatic imine (C=N–C) groups is 1. The van der Waals surface area contributed by atoms with Gasteiger partial charge < -0.3 is 31.1 Å². The van der Waals surface area contributed by atoms with Gasteiger partial charge in [-0.2, -0.15) is 10.3 Å². The molecule has 1 aliphatic carbocycles. The summed E-state index contributed by atoms with van der Waals surface area (Å²) in [5.41, 5.74) is 14.3. The molecular formula is C33H43N9O2S. The van der Waals surface area contributed by atoms with Crippen LogP contribution < -0.4 is 21.3 Å². The van der Waals surface area contributed by atoms with Crippen molar-refractivity contribution in [3.8, 4) is 6.07 Å². The Morgan fingerprint density at radius 2 is 1.80 bits per heavy atom. The van der Waals surface area contributed by atoms with Crippen LogP contribution in [0.15, 0.2) is 29.8 Å². The highest BCUT2D eigenvalue weighted by Crippen LogP contribution is 2.46. The number of hydrogen-bond acceptors (Lipinski definition) is 9. The van der Waals surface area contributed by atoms with Crippen molar-refractivity contribution in [1.82, 2.24) is 14.8 Å². The zero-order valence-electron chi connectivity index (χ0n) is 26.1. The fourth-order valence-corrected chi connectivity index (χ4v) is 8.65. The number of nitriles is 1. The molecule has 1 atom stereocenters. The molecule has 2 aromatic heterocycles. The highest BCUT2D eigenvalue weighted by Gasteiger charge is 2.43. The molecule has 238 valence electrons. The van der Waals surface area contributed by atoms with Crippen molar-refractivity contribution in [3.63, 3.8) is 0 Å². The first-order chi connectivity index (χ1) is 21.7. The fraction of sp³-hybridized carbons (Fsp3) is 0.545. The van der Waals surface area contributed by atoms with Gasteiger partial charge in [0.15, 0.2) is 5.84 Å². The standard InChI is InChI=1S/C33H43N9O2S/c1-3-28(43)42-17-15-40(16-18-42)23-19-25(37-27(20-23)41-13-8-22(9-14-41)39-11-4-5-12-39)30(35)38-32(44)33(2)10-6-7-26-29(33)24(21-34)31(36)45-26/h3,19-20,22H,1,4-18,36H2,2H3,(H2,35,38,44). The lowest BCUT2D eigenvalue weighted by molar-refractivity contribution is -0.126. The number of likely N-dealkylation sites (tertiary alicyclic amines) is 1. The van der Waals surface area contributed by atoms with Crippen LogP contribution in [0.3, 0.4) is 0 Å². The third kappa shape index (κ3) is 6.03. The van der Waals surface area contributed by atoms with E-state index in [1.54, 1.807) is 4.90 Å². The molecule has 1 unspecified atom stereocenters. The van der Waals surface area contributed by atoms with E-state index in [1.165, 1.54) is 43.3 Å². The summed E-state index contributed by atoms with van der Waals surface area (Å²) in [5, 5.41) is 10.3. The molecule has 12 heteroatoms. The molecular weight excluding hydrogens is 586 g/mol. The van der Waals surface area contributed by atoms with Crippen LogP contribution in [0.5, 0.6) is 0 Å². The molecule has 0 spiro atoms. The Kier molecular flexibility index (Phi) is 8.84. The summed E-state index contributed by atoms with van der Waals surface area (Å²) >= 11 is 1.39. The second-order valence-electron chi connectivity index (χ2n) is 12.8. The second-order valence-corrected chi connectivity index (χ2v) is 13.9. The highest BCUT2D eigenvalue weighted by molar-refractivity contribution is 7.16. The predicted molar refractivity (Wildman–Crippen MR) is 179 cm³/mol. The van der Waals surface area contributed by atoms with Crippen molar-refractivity contribution in [2.45, 2.75) is 63.3 Å². The lowest BCUT2D eigenvalue weighted by Gasteiger charge is -2.38. The average molecular weight is 630 g/mol. The van der Waals surface area contributed by atoms with Crippen LogP contribution in [0.1, 0.15) is 67.1 Å². The number of pyridine rings is 1. The van der Waals surface area contributed by atoms with Crippen molar-refractivity contribution in [3.05, 3.63) is 46.5 Å². The number of hydrogen-bond donors (Lipinski definition) is 2. The molecule has 4 aliphatic rings. The van der Waals surface area contributed by atoms with Crippen molar-refractivity contribution >= 4 is 45.5 Å². The molecule has 3 fully saturated rings. The zero-order valence-corrected chi connectivity index (χ0v) is 26.9. The van der Waals surface area contributed by atoms with E-state index < -0.39 is 5.41 Å². The van der Waals surface area contributed by atoms with E-state index >= 15 is 0 Å². The molecule has 2 amide bonds. The lowest BCUT2D eigenvalue weighted by atomic mass is 9.72. The maximum atomic E-state index is 13.9. The van der Waals surface area contributed by atoms with Gasteiger partial charge in [-0.05, 0) is 77.1 Å². The summed E-state index contributed by atoms with van der Waals surface area (Å²) in [5.74, 6) is 0.437. The van der Waals surface area contributed by atoms with Crippen LogP contribution in [0, 0.1) is 11.3 Å². The van der Waals surface area contributed by atoms with Gasteiger partial charge in [0.1, 0.15) is 22.6 Å². The molecule has 0 bridgehead atoms. The maximum Gasteiger partial charge on any atom is 0.258 e. The fourth-order valence-electron chi connectivity index (χ4n) is 7.46. The normalized spacial score (nSPS) is 23.1. The van der Waals surface area contributed by atoms with Gasteiger partial charge in [-0.1, -0.05) is 6.58 Å². The Morgan fingerprint density at radius 3 is 2.47 bits per heavy atom. The number of carbonyl (C=O) groups excluding carboxylic acids is 2. The predicted octanol–water partition coefficient (Wildman–Crippen LogP) is 3.02. The number of aromatic nitrogens is 1. The van der Waals surface area contributed by atoms with Crippen LogP contribution >= 0.6 is 11.3 Å². The van der Waals surface area contributed by atoms with Gasteiger partial charge in [0.25, 0.3) is 5.91 Å². The van der Waals surface area contributed by atoms with Crippen molar-refractivity contribution in [2.24, 2.45) is 10.7 Å². The molecule has 3 saturated heterocycles. The minimum atomic E-state index is -0.983. The molecule has 0 aromatic carbocycles. The van der Waals surface area contributed by atoms with Crippen LogP contribution in [0.2, 0.25) is 0 Å². The zero-order chi connectivity index (χ0) is 31.7. The minimum Gasteiger partial charge on any atom is -0.389 e. The highest BCUT2D eigenvalue weighted by atomic mass is 32.1. The van der Waals surface area contributed by atoms with E-state index in [1.807, 2.05) is 13.0 Å². The van der Waals surface area contributed by atoms with E-state index in [4.69, 9.17) is 16.5 Å². The van der Waals surface area contributed by atoms with Gasteiger partial charge in [-0.3, -0.25) is 9.59 Å². The molecule has 2 aromatic rings. The Balaban J connectivity index is 1.29. The van der Waals surface area contributed by atoms with Gasteiger partial charge in [0.2, 0.25) is 5.91 Å². The van der Waals surface area contributed by atoms with E-state index in [0.717, 1.165) is 55.2 Å². The number of rotatable bonds is 6. The first-order valence-corrected chi connectivity index (χ1v) is 16.9. The number of nitrogens with zero attached hydrogens (tertiary/aromatic N) is 7. The van der Waals surface area contributed by atoms with Crippen molar-refractivity contribution < 1.29 is 9.59 Å². The van der Waals surface area contributed by atoms with Gasteiger partial charge in [0.05, 0.1) is 11.0 Å². The van der Waals surface area contributed by atoms with Gasteiger partial charge in [-0.25, -0.2) is 4.98 Å². The van der Waals surface area contributed by atoms with Gasteiger partial charge >= 0.3 is 0 Å². The van der Waals surface area contributed by atoms with E-state index in [0.29, 0.717) is 60.5 Å². The number of amidine groups is 1. The molecule has 6 rings (SSSR count). The minimum absolute atomic E-state index is 0.0607. The summed E-state index contributed by atoms with van der Waals surface area (Å²) in [4.78, 5) is 45.5. The van der Waals surface area contributed by atoms with Crippen molar-refractivity contribution in [2.75, 3.05) is 67.9 Å². The second kappa shape index (κ2) is 12.8. The summed E-state index contributed by atoms with van der Waals surface area (Å²) in [6.45, 7) is 12.1. The monoisotopic (exact) mass is 629 g/mol. The lowest BCUT2D eigenvalue weighted by Crippen LogP contribution is -2.48. The Hall–Kier alpha value is -3.95. The molecule has 4 N–H and O–H groups in total. The maximum absolute atomic E-state index is 13.9. The van der Waals surface area contributed by atoms with E-state index in [9.17, 15) is 14.9 Å². The number of aryl methyl sites for hydroxylation is 1. The number of nitrogen functional groups attached to an aromatic ring is 1. The third-order valence-corrected chi connectivity index (χ3v) is 11.2. The molecule has 0 saturated carbocycles. The first kappa shape index (κ1) is 31.0. The summed E-state index contributed by atoms with van der Waals surface area (Å²) in [6, 6.07) is 6.82. The number of anilines is 3. The van der Waals surface area contributed by atoms with Crippen LogP contribution in [0.25, 0.3) is 0 Å². The smallest absolute Gasteiger partial charge is 0.258 e. The Morgan fingerprint density at radius 1 is 1.09 bits per heavy atom. The first-order valence-electron chi connectivity index (χ1n) is 16.1. The number of thiophene rings is 1. The summed E-state index contributed by atoms with van der Waals surface area (Å²) < 4.78 is 0. The third-order valence-electron chi connectivity index (χ3n) is 10.1. The van der Waals surface area contributed by atoms with E-state index in [2.05, 4.69) is 38.4 Å². The molecule has 5 heterocycles. The average Bonchev–Trinajstić information content (AvgIpc) is 3.72. The Labute approximate surface area is 269 Å². The SMILES string of the molecule is C=CC(=O)N1CCN(c2cc(C(N)=NC(=O)C3(C)CCCc4sc(N)c(C#N)c43)nc(N3CCC(N4CCCC4)CC3)c2)CC1. The van der Waals surface area contributed by atoms with Crippen LogP contribution in [0.4, 0.5) is 16.5 Å². The molecule has 45 heavy (non-hydrogen) atoms. The largest absolute Gasteiger partial charge is 0.389 e. The van der Waals surface area contributed by atoms with Gasteiger partial charge in [0, 0.05) is 67.5 Å². The number of nitrogens with two attached hydrogens (primary N) is 2. The van der Waals surface area contributed by atoms with E-state index in [-0.39, 0.29) is 17.6 Å². The summed E-state index contributed by atoms with van der Waals surface area (Å²) in [6.07, 6.45) is 8.26. The number of fused-ring (bicyclic) bond motifs is 1. The number of piperidine rings is 1. The topological polar surface area (TPSA) is 148 Å². The number of carbonyl (C=O) groups is 2. The quantitative estimate of drug-likeness (QED) is 0.279. The number of piperazine rings is 1. The molecule has 11 nitrogen and oxygen atoms in total.